The lowest BCUT2D eigenvalue weighted by molar-refractivity contribution is -0.127. The molecule has 32 heavy (non-hydrogen) atoms. The van der Waals surface area contributed by atoms with E-state index < -0.39 is 0 Å². The number of nitrogens with one attached hydrogen (secondary N) is 1. The Kier molecular flexibility index (Phi) is 7.19. The van der Waals surface area contributed by atoms with Crippen molar-refractivity contribution in [2.24, 2.45) is 11.8 Å². The Balaban J connectivity index is 1.73. The van der Waals surface area contributed by atoms with E-state index in [1.54, 1.807) is 0 Å². The summed E-state index contributed by atoms with van der Waals surface area (Å²) in [5.41, 5.74) is 5.10. The standard InChI is InChI=1S/C27H34Cl2N2O/c1-16(2)25-23(11-13-31-12-5-6-24(31)32)30-27(22-15-20(29)8-7-17(22)3)26(25)21-10-9-19(28)14-18(21)4/h7-10,14-16,23,25-27,30H,5-6,11-13H2,1-4H3. The molecule has 1 N–H and O–H groups in total. The molecule has 0 spiro atoms. The van der Waals surface area contributed by atoms with Gasteiger partial charge in [0.2, 0.25) is 5.91 Å². The molecule has 4 rings (SSSR count). The van der Waals surface area contributed by atoms with Crippen molar-refractivity contribution in [2.45, 2.75) is 65.0 Å². The first-order valence-electron chi connectivity index (χ1n) is 11.8. The average molecular weight is 473 g/mol. The number of aryl methyl sites for hydroxylation is 2. The van der Waals surface area contributed by atoms with Gasteiger partial charge in [-0.05, 0) is 85.0 Å². The number of likely N-dealkylation sites (tertiary alicyclic amines) is 1. The molecule has 172 valence electrons. The summed E-state index contributed by atoms with van der Waals surface area (Å²) in [6, 6.07) is 13.0. The predicted octanol–water partition coefficient (Wildman–Crippen LogP) is 6.69. The molecule has 0 aromatic heterocycles. The van der Waals surface area contributed by atoms with Crippen LogP contribution >= 0.6 is 23.2 Å². The minimum Gasteiger partial charge on any atom is -0.343 e. The van der Waals surface area contributed by atoms with E-state index in [1.165, 1.54) is 22.3 Å². The first-order valence-corrected chi connectivity index (χ1v) is 12.6. The molecule has 2 aliphatic rings. The molecule has 2 heterocycles. The largest absolute Gasteiger partial charge is 0.343 e. The summed E-state index contributed by atoms with van der Waals surface area (Å²) in [6.07, 6.45) is 2.65. The summed E-state index contributed by atoms with van der Waals surface area (Å²) in [5.74, 6) is 1.54. The van der Waals surface area contributed by atoms with Crippen LogP contribution in [0.4, 0.5) is 0 Å². The molecule has 3 nitrogen and oxygen atoms in total. The third-order valence-corrected chi connectivity index (χ3v) is 7.92. The quantitative estimate of drug-likeness (QED) is 0.507. The van der Waals surface area contributed by atoms with Gasteiger partial charge < -0.3 is 10.2 Å². The summed E-state index contributed by atoms with van der Waals surface area (Å²) in [6.45, 7) is 10.7. The summed E-state index contributed by atoms with van der Waals surface area (Å²) in [7, 11) is 0. The van der Waals surface area contributed by atoms with Crippen LogP contribution in [-0.2, 0) is 4.79 Å². The van der Waals surface area contributed by atoms with Crippen molar-refractivity contribution in [2.75, 3.05) is 13.1 Å². The lowest BCUT2D eigenvalue weighted by atomic mass is 9.72. The first-order chi connectivity index (χ1) is 15.3. The second-order valence-electron chi connectivity index (χ2n) is 9.87. The van der Waals surface area contributed by atoms with E-state index >= 15 is 0 Å². The molecular weight excluding hydrogens is 439 g/mol. The topological polar surface area (TPSA) is 32.3 Å². The zero-order valence-corrected chi connectivity index (χ0v) is 21.0. The van der Waals surface area contributed by atoms with E-state index in [0.29, 0.717) is 36.1 Å². The summed E-state index contributed by atoms with van der Waals surface area (Å²) >= 11 is 12.8. The molecule has 0 radical (unpaired) electrons. The number of rotatable bonds is 6. The van der Waals surface area contributed by atoms with Crippen molar-refractivity contribution < 1.29 is 4.79 Å². The van der Waals surface area contributed by atoms with Crippen molar-refractivity contribution in [3.05, 3.63) is 68.7 Å². The van der Waals surface area contributed by atoms with Gasteiger partial charge in [0.1, 0.15) is 0 Å². The van der Waals surface area contributed by atoms with Crippen molar-refractivity contribution >= 4 is 29.1 Å². The number of halogens is 2. The van der Waals surface area contributed by atoms with Crippen LogP contribution < -0.4 is 5.32 Å². The van der Waals surface area contributed by atoms with E-state index in [2.05, 4.69) is 57.3 Å². The minimum absolute atomic E-state index is 0.167. The third-order valence-electron chi connectivity index (χ3n) is 7.45. The number of hydrogen-bond acceptors (Lipinski definition) is 2. The first kappa shape index (κ1) is 23.6. The number of nitrogens with zero attached hydrogens (tertiary/aromatic N) is 1. The molecule has 4 atom stereocenters. The van der Waals surface area contributed by atoms with Crippen LogP contribution in [0.15, 0.2) is 36.4 Å². The maximum Gasteiger partial charge on any atom is 0.222 e. The fourth-order valence-corrected chi connectivity index (χ4v) is 6.35. The smallest absolute Gasteiger partial charge is 0.222 e. The highest BCUT2D eigenvalue weighted by atomic mass is 35.5. The average Bonchev–Trinajstić information content (AvgIpc) is 3.31. The number of carbonyl (C=O) groups is 1. The molecule has 2 fully saturated rings. The monoisotopic (exact) mass is 472 g/mol. The Bertz CT molecular complexity index is 990. The van der Waals surface area contributed by atoms with Crippen molar-refractivity contribution in [1.82, 2.24) is 10.2 Å². The highest BCUT2D eigenvalue weighted by Gasteiger charge is 2.46. The molecule has 2 aromatic rings. The highest BCUT2D eigenvalue weighted by Crippen LogP contribution is 2.50. The molecule has 0 saturated carbocycles. The van der Waals surface area contributed by atoms with Gasteiger partial charge in [0.25, 0.3) is 0 Å². The van der Waals surface area contributed by atoms with Gasteiger partial charge in [-0.1, -0.05) is 49.2 Å². The van der Waals surface area contributed by atoms with E-state index in [1.807, 2.05) is 17.0 Å². The number of hydrogen-bond donors (Lipinski definition) is 1. The molecule has 0 aliphatic carbocycles. The van der Waals surface area contributed by atoms with Gasteiger partial charge in [-0.25, -0.2) is 0 Å². The molecule has 2 aromatic carbocycles. The van der Waals surface area contributed by atoms with Crippen molar-refractivity contribution in [3.8, 4) is 0 Å². The maximum atomic E-state index is 12.2. The number of carbonyl (C=O) groups excluding carboxylic acids is 1. The van der Waals surface area contributed by atoms with Gasteiger partial charge in [-0.15, -0.1) is 0 Å². The van der Waals surface area contributed by atoms with Crippen LogP contribution in [0.1, 0.15) is 67.3 Å². The second kappa shape index (κ2) is 9.75. The Morgan fingerprint density at radius 3 is 2.41 bits per heavy atom. The van der Waals surface area contributed by atoms with Gasteiger partial charge in [-0.2, -0.15) is 0 Å². The Morgan fingerprint density at radius 2 is 1.75 bits per heavy atom. The summed E-state index contributed by atoms with van der Waals surface area (Å²) < 4.78 is 0. The third kappa shape index (κ3) is 4.71. The minimum atomic E-state index is 0.167. The summed E-state index contributed by atoms with van der Waals surface area (Å²) in [5, 5.41) is 5.55. The fourth-order valence-electron chi connectivity index (χ4n) is 5.94. The fraction of sp³-hybridized carbons (Fsp3) is 0.519. The van der Waals surface area contributed by atoms with Gasteiger partial charge in [0.15, 0.2) is 0 Å². The molecule has 2 aliphatic heterocycles. The van der Waals surface area contributed by atoms with Crippen LogP contribution in [0.5, 0.6) is 0 Å². The van der Waals surface area contributed by atoms with Gasteiger partial charge in [-0.3, -0.25) is 4.79 Å². The van der Waals surface area contributed by atoms with Crippen LogP contribution in [0, 0.1) is 25.7 Å². The zero-order valence-electron chi connectivity index (χ0n) is 19.5. The summed E-state index contributed by atoms with van der Waals surface area (Å²) in [4.78, 5) is 14.2. The normalized spacial score (nSPS) is 25.8. The molecule has 1 amide bonds. The molecule has 4 unspecified atom stereocenters. The lowest BCUT2D eigenvalue weighted by Crippen LogP contribution is -2.36. The number of benzene rings is 2. The van der Waals surface area contributed by atoms with Crippen LogP contribution in [0.2, 0.25) is 10.0 Å². The van der Waals surface area contributed by atoms with Gasteiger partial charge in [0, 0.05) is 47.6 Å². The van der Waals surface area contributed by atoms with E-state index in [9.17, 15) is 4.79 Å². The predicted molar refractivity (Wildman–Crippen MR) is 134 cm³/mol. The van der Waals surface area contributed by atoms with Gasteiger partial charge >= 0.3 is 0 Å². The van der Waals surface area contributed by atoms with E-state index in [0.717, 1.165) is 36.0 Å². The van der Waals surface area contributed by atoms with Crippen molar-refractivity contribution in [1.29, 1.82) is 0 Å². The lowest BCUT2D eigenvalue weighted by Gasteiger charge is -2.31. The second-order valence-corrected chi connectivity index (χ2v) is 10.7. The van der Waals surface area contributed by atoms with E-state index in [-0.39, 0.29) is 6.04 Å². The number of amides is 1. The van der Waals surface area contributed by atoms with Crippen LogP contribution in [0.3, 0.4) is 0 Å². The zero-order chi connectivity index (χ0) is 23.0. The van der Waals surface area contributed by atoms with Crippen molar-refractivity contribution in [3.63, 3.8) is 0 Å². The SMILES string of the molecule is Cc1ccc(Cl)cc1C1NC(CCN2CCCC2=O)C(C(C)C)C1c1ccc(Cl)cc1C. The Labute approximate surface area is 202 Å². The Hall–Kier alpha value is -1.55. The Morgan fingerprint density at radius 1 is 1.03 bits per heavy atom. The van der Waals surface area contributed by atoms with E-state index in [4.69, 9.17) is 23.2 Å². The highest BCUT2D eigenvalue weighted by molar-refractivity contribution is 6.31. The van der Waals surface area contributed by atoms with Crippen LogP contribution in [-0.4, -0.2) is 29.9 Å². The molecule has 2 saturated heterocycles. The molecular formula is C27H34Cl2N2O. The maximum absolute atomic E-state index is 12.2. The van der Waals surface area contributed by atoms with Crippen LogP contribution in [0.25, 0.3) is 0 Å². The molecule has 5 heteroatoms. The van der Waals surface area contributed by atoms with Gasteiger partial charge in [0.05, 0.1) is 0 Å². The molecule has 0 bridgehead atoms.